The van der Waals surface area contributed by atoms with Crippen molar-refractivity contribution in [2.75, 3.05) is 30.7 Å². The fraction of sp³-hybridized carbons (Fsp3) is 0.526. The van der Waals surface area contributed by atoms with Crippen molar-refractivity contribution in [3.63, 3.8) is 0 Å². The van der Waals surface area contributed by atoms with Gasteiger partial charge in [-0.25, -0.2) is 0 Å². The molecule has 0 bridgehead atoms. The summed E-state index contributed by atoms with van der Waals surface area (Å²) in [7, 11) is 0. The van der Waals surface area contributed by atoms with Crippen LogP contribution in [0.25, 0.3) is 0 Å². The molecule has 1 aromatic heterocycles. The predicted octanol–water partition coefficient (Wildman–Crippen LogP) is 2.90. The Balaban J connectivity index is 1.67. The Bertz CT molecular complexity index is 717. The first kappa shape index (κ1) is 18.5. The molecule has 1 unspecified atom stereocenters. The van der Waals surface area contributed by atoms with Crippen LogP contribution in [0.4, 0.5) is 17.6 Å². The minimum absolute atomic E-state index is 0.232. The lowest BCUT2D eigenvalue weighted by molar-refractivity contribution is -0.00661. The number of hydrogen-bond donors (Lipinski definition) is 2. The Morgan fingerprint density at radius 2 is 2.15 bits per heavy atom. The van der Waals surface area contributed by atoms with Crippen molar-refractivity contribution in [2.45, 2.75) is 45.8 Å². The molecule has 0 amide bonds. The van der Waals surface area contributed by atoms with Crippen molar-refractivity contribution in [2.24, 2.45) is 0 Å². The molecule has 26 heavy (non-hydrogen) atoms. The van der Waals surface area contributed by atoms with Gasteiger partial charge in [0.1, 0.15) is 5.82 Å². The molecule has 0 radical (unpaired) electrons. The van der Waals surface area contributed by atoms with Crippen molar-refractivity contribution in [1.29, 1.82) is 0 Å². The largest absolute Gasteiger partial charge is 0.377 e. The maximum atomic E-state index is 5.90. The fourth-order valence-corrected chi connectivity index (χ4v) is 3.16. The van der Waals surface area contributed by atoms with Crippen LogP contribution in [0, 0.1) is 6.92 Å². The van der Waals surface area contributed by atoms with Crippen LogP contribution in [-0.2, 0) is 11.3 Å². The monoisotopic (exact) mass is 356 g/mol. The third-order valence-corrected chi connectivity index (χ3v) is 4.52. The van der Waals surface area contributed by atoms with Crippen LogP contribution in [0.1, 0.15) is 37.6 Å². The van der Waals surface area contributed by atoms with E-state index in [1.54, 1.807) is 0 Å². The molecule has 1 fully saturated rings. The second kappa shape index (κ2) is 8.91. The zero-order valence-corrected chi connectivity index (χ0v) is 15.6. The second-order valence-corrected chi connectivity index (χ2v) is 6.74. The van der Waals surface area contributed by atoms with Crippen molar-refractivity contribution in [3.8, 4) is 0 Å². The molecule has 1 aliphatic rings. The summed E-state index contributed by atoms with van der Waals surface area (Å²) in [5.41, 5.74) is 8.00. The average Bonchev–Trinajstić information content (AvgIpc) is 2.61. The van der Waals surface area contributed by atoms with E-state index in [0.717, 1.165) is 31.8 Å². The maximum absolute atomic E-state index is 5.90. The summed E-state index contributed by atoms with van der Waals surface area (Å²) in [6.45, 7) is 7.48. The smallest absolute Gasteiger partial charge is 0.232 e. The first-order chi connectivity index (χ1) is 12.6. The summed E-state index contributed by atoms with van der Waals surface area (Å²) in [5.74, 6) is 1.38. The molecule has 7 heteroatoms. The second-order valence-electron chi connectivity index (χ2n) is 6.74. The van der Waals surface area contributed by atoms with Gasteiger partial charge < -0.3 is 15.8 Å². The number of aryl methyl sites for hydroxylation is 1. The standard InChI is InChI=1S/C19H28N6O/c1-3-25(12-16-9-4-5-10-26-16)13-17-22-18(20)24-19(23-17)21-15-8-6-7-14(2)11-15/h6-8,11,16H,3-5,9-10,12-13H2,1-2H3,(H3,20,21,22,23,24). The molecule has 3 rings (SSSR count). The normalized spacial score (nSPS) is 17.4. The molecule has 1 aliphatic heterocycles. The predicted molar refractivity (Wildman–Crippen MR) is 103 cm³/mol. The Kier molecular flexibility index (Phi) is 6.35. The zero-order valence-electron chi connectivity index (χ0n) is 15.6. The topological polar surface area (TPSA) is 89.2 Å². The van der Waals surface area contributed by atoms with E-state index in [9.17, 15) is 0 Å². The molecule has 3 N–H and O–H groups in total. The Hall–Kier alpha value is -2.25. The van der Waals surface area contributed by atoms with Crippen LogP contribution in [0.15, 0.2) is 24.3 Å². The summed E-state index contributed by atoms with van der Waals surface area (Å²) < 4.78 is 5.85. The van der Waals surface area contributed by atoms with E-state index in [4.69, 9.17) is 10.5 Å². The number of rotatable bonds is 7. The lowest BCUT2D eigenvalue weighted by atomic mass is 10.1. The van der Waals surface area contributed by atoms with Gasteiger partial charge in [0, 0.05) is 18.8 Å². The average molecular weight is 356 g/mol. The van der Waals surface area contributed by atoms with E-state index < -0.39 is 0 Å². The van der Waals surface area contributed by atoms with Crippen LogP contribution >= 0.6 is 0 Å². The van der Waals surface area contributed by atoms with Crippen LogP contribution in [0.5, 0.6) is 0 Å². The SMILES string of the molecule is CCN(Cc1nc(N)nc(Nc2cccc(C)c2)n1)CC1CCCCO1. The minimum atomic E-state index is 0.232. The molecule has 0 spiro atoms. The van der Waals surface area contributed by atoms with Crippen molar-refractivity contribution >= 4 is 17.6 Å². The number of ether oxygens (including phenoxy) is 1. The van der Waals surface area contributed by atoms with Gasteiger partial charge >= 0.3 is 0 Å². The molecule has 2 heterocycles. The quantitative estimate of drug-likeness (QED) is 0.788. The molecule has 7 nitrogen and oxygen atoms in total. The maximum Gasteiger partial charge on any atom is 0.232 e. The van der Waals surface area contributed by atoms with Gasteiger partial charge in [-0.2, -0.15) is 15.0 Å². The molecular formula is C19H28N6O. The number of anilines is 3. The van der Waals surface area contributed by atoms with Gasteiger partial charge in [-0.1, -0.05) is 19.1 Å². The molecule has 1 atom stereocenters. The number of likely N-dealkylation sites (N-methyl/N-ethyl adjacent to an activating group) is 1. The van der Waals surface area contributed by atoms with E-state index in [1.807, 2.05) is 31.2 Å². The fourth-order valence-electron chi connectivity index (χ4n) is 3.16. The molecule has 1 saturated heterocycles. The van der Waals surface area contributed by atoms with Gasteiger partial charge in [-0.05, 0) is 50.4 Å². The summed E-state index contributed by atoms with van der Waals surface area (Å²) in [5, 5.41) is 3.21. The lowest BCUT2D eigenvalue weighted by Gasteiger charge is -2.28. The number of nitrogens with one attached hydrogen (secondary N) is 1. The summed E-state index contributed by atoms with van der Waals surface area (Å²) in [6, 6.07) is 8.06. The van der Waals surface area contributed by atoms with Crippen LogP contribution in [0.2, 0.25) is 0 Å². The van der Waals surface area contributed by atoms with E-state index in [1.165, 1.54) is 18.4 Å². The number of nitrogens with two attached hydrogens (primary N) is 1. The molecule has 0 saturated carbocycles. The van der Waals surface area contributed by atoms with Gasteiger partial charge in [0.05, 0.1) is 12.6 Å². The number of benzene rings is 1. The van der Waals surface area contributed by atoms with Gasteiger partial charge in [-0.15, -0.1) is 0 Å². The highest BCUT2D eigenvalue weighted by molar-refractivity contribution is 5.54. The van der Waals surface area contributed by atoms with Gasteiger partial charge in [0.25, 0.3) is 0 Å². The van der Waals surface area contributed by atoms with Gasteiger partial charge in [-0.3, -0.25) is 4.90 Å². The van der Waals surface area contributed by atoms with E-state index >= 15 is 0 Å². The highest BCUT2D eigenvalue weighted by Gasteiger charge is 2.18. The number of nitrogens with zero attached hydrogens (tertiary/aromatic N) is 4. The van der Waals surface area contributed by atoms with Crippen LogP contribution in [0.3, 0.4) is 0 Å². The summed E-state index contributed by atoms with van der Waals surface area (Å²) >= 11 is 0. The summed E-state index contributed by atoms with van der Waals surface area (Å²) in [4.78, 5) is 15.4. The minimum Gasteiger partial charge on any atom is -0.377 e. The first-order valence-corrected chi connectivity index (χ1v) is 9.30. The Morgan fingerprint density at radius 3 is 2.88 bits per heavy atom. The third-order valence-electron chi connectivity index (χ3n) is 4.52. The molecule has 1 aromatic carbocycles. The lowest BCUT2D eigenvalue weighted by Crippen LogP contribution is -2.35. The molecule has 140 valence electrons. The zero-order chi connectivity index (χ0) is 18.4. The van der Waals surface area contributed by atoms with E-state index in [0.29, 0.717) is 24.4 Å². The Labute approximate surface area is 155 Å². The van der Waals surface area contributed by atoms with Crippen molar-refractivity contribution < 1.29 is 4.74 Å². The van der Waals surface area contributed by atoms with Gasteiger partial charge in [0.2, 0.25) is 11.9 Å². The highest BCUT2D eigenvalue weighted by atomic mass is 16.5. The van der Waals surface area contributed by atoms with Crippen LogP contribution < -0.4 is 11.1 Å². The van der Waals surface area contributed by atoms with Crippen LogP contribution in [-0.4, -0.2) is 45.7 Å². The highest BCUT2D eigenvalue weighted by Crippen LogP contribution is 2.17. The first-order valence-electron chi connectivity index (χ1n) is 9.30. The third kappa shape index (κ3) is 5.37. The number of aromatic nitrogens is 3. The van der Waals surface area contributed by atoms with Crippen molar-refractivity contribution in [3.05, 3.63) is 35.7 Å². The number of hydrogen-bond acceptors (Lipinski definition) is 7. The molecular weight excluding hydrogens is 328 g/mol. The Morgan fingerprint density at radius 1 is 1.27 bits per heavy atom. The number of nitrogen functional groups attached to an aromatic ring is 1. The molecule has 2 aromatic rings. The van der Waals surface area contributed by atoms with E-state index in [-0.39, 0.29) is 5.95 Å². The van der Waals surface area contributed by atoms with Gasteiger partial charge in [0.15, 0.2) is 0 Å². The van der Waals surface area contributed by atoms with E-state index in [2.05, 4.69) is 32.1 Å². The van der Waals surface area contributed by atoms with Crippen molar-refractivity contribution in [1.82, 2.24) is 19.9 Å². The summed E-state index contributed by atoms with van der Waals surface area (Å²) in [6.07, 6.45) is 3.83. The molecule has 0 aliphatic carbocycles.